The zero-order valence-electron chi connectivity index (χ0n) is 7.08. The van der Waals surface area contributed by atoms with Gasteiger partial charge in [0.25, 0.3) is 0 Å². The molecule has 0 radical (unpaired) electrons. The van der Waals surface area contributed by atoms with Gasteiger partial charge in [-0.25, -0.2) is 8.78 Å². The highest BCUT2D eigenvalue weighted by molar-refractivity contribution is 6.29. The molecule has 0 bridgehead atoms. The number of hydrogen-bond acceptors (Lipinski definition) is 1. The molecule has 0 amide bonds. The molecule has 0 aliphatic heterocycles. The molecule has 0 spiro atoms. The fourth-order valence-corrected chi connectivity index (χ4v) is 1.93. The van der Waals surface area contributed by atoms with Gasteiger partial charge < -0.3 is 5.73 Å². The topological polar surface area (TPSA) is 26.0 Å². The Bertz CT molecular complexity index is 300. The molecule has 1 rings (SSSR count). The third-order valence-electron chi connectivity index (χ3n) is 2.15. The summed E-state index contributed by atoms with van der Waals surface area (Å²) in [5.41, 5.74) is 4.97. The van der Waals surface area contributed by atoms with Crippen LogP contribution in [0.25, 0.3) is 0 Å². The quantitative estimate of drug-likeness (QED) is 0.531. The Balaban J connectivity index is 3.20. The van der Waals surface area contributed by atoms with Crippen molar-refractivity contribution in [3.63, 3.8) is 0 Å². The Morgan fingerprint density at radius 2 is 1.87 bits per heavy atom. The van der Waals surface area contributed by atoms with Crippen LogP contribution in [0.5, 0.6) is 0 Å². The molecule has 0 fully saturated rings. The SMILES string of the molecule is NC1C(F)(Cl)C=C(F)CC1(Cl)C(F)(F)F. The lowest BCUT2D eigenvalue weighted by Gasteiger charge is -2.41. The Morgan fingerprint density at radius 1 is 1.40 bits per heavy atom. The van der Waals surface area contributed by atoms with Crippen LogP contribution in [0.2, 0.25) is 0 Å². The van der Waals surface area contributed by atoms with Crippen LogP contribution in [0.3, 0.4) is 0 Å². The first-order valence-electron chi connectivity index (χ1n) is 3.77. The van der Waals surface area contributed by atoms with Crippen LogP contribution in [-0.2, 0) is 0 Å². The summed E-state index contributed by atoms with van der Waals surface area (Å²) in [6.45, 7) is 0. The maximum atomic E-state index is 13.3. The predicted molar refractivity (Wildman–Crippen MR) is 46.1 cm³/mol. The summed E-state index contributed by atoms with van der Waals surface area (Å²) in [4.78, 5) is -3.22. The first-order valence-corrected chi connectivity index (χ1v) is 4.52. The van der Waals surface area contributed by atoms with E-state index in [9.17, 15) is 22.0 Å². The molecule has 0 heterocycles. The summed E-state index contributed by atoms with van der Waals surface area (Å²) in [5.74, 6) is -1.37. The first kappa shape index (κ1) is 13.0. The number of nitrogens with two attached hydrogens (primary N) is 1. The van der Waals surface area contributed by atoms with Gasteiger partial charge in [0.15, 0.2) is 4.87 Å². The molecule has 2 N–H and O–H groups in total. The lowest BCUT2D eigenvalue weighted by molar-refractivity contribution is -0.173. The zero-order valence-corrected chi connectivity index (χ0v) is 8.60. The van der Waals surface area contributed by atoms with Gasteiger partial charge in [0.2, 0.25) is 5.13 Å². The van der Waals surface area contributed by atoms with Crippen molar-refractivity contribution < 1.29 is 22.0 Å². The van der Waals surface area contributed by atoms with E-state index in [1.54, 1.807) is 0 Å². The minimum absolute atomic E-state index is 0.200. The minimum Gasteiger partial charge on any atom is -0.322 e. The average Bonchev–Trinajstić information content (AvgIpc) is 1.96. The second kappa shape index (κ2) is 3.46. The van der Waals surface area contributed by atoms with Gasteiger partial charge in [-0.3, -0.25) is 0 Å². The van der Waals surface area contributed by atoms with Crippen molar-refractivity contribution in [1.82, 2.24) is 0 Å². The summed E-state index contributed by atoms with van der Waals surface area (Å²) in [6.07, 6.45) is -6.07. The number of hydrogen-bond donors (Lipinski definition) is 1. The van der Waals surface area contributed by atoms with Crippen molar-refractivity contribution in [2.45, 2.75) is 28.6 Å². The van der Waals surface area contributed by atoms with Crippen molar-refractivity contribution in [3.05, 3.63) is 11.9 Å². The number of allylic oxidation sites excluding steroid dienone is 1. The molecule has 0 saturated heterocycles. The van der Waals surface area contributed by atoms with E-state index in [0.29, 0.717) is 0 Å². The van der Waals surface area contributed by atoms with E-state index >= 15 is 0 Å². The summed E-state index contributed by atoms with van der Waals surface area (Å²) in [5, 5.41) is -3.14. The summed E-state index contributed by atoms with van der Waals surface area (Å²) in [7, 11) is 0. The van der Waals surface area contributed by atoms with E-state index < -0.39 is 34.5 Å². The second-order valence-corrected chi connectivity index (χ2v) is 4.53. The fourth-order valence-electron chi connectivity index (χ4n) is 1.29. The third-order valence-corrected chi connectivity index (χ3v) is 3.08. The monoisotopic (exact) mass is 269 g/mol. The summed E-state index contributed by atoms with van der Waals surface area (Å²) >= 11 is 10.1. The van der Waals surface area contributed by atoms with E-state index in [0.717, 1.165) is 0 Å². The number of alkyl halides is 6. The van der Waals surface area contributed by atoms with E-state index in [1.165, 1.54) is 0 Å². The van der Waals surface area contributed by atoms with Crippen molar-refractivity contribution in [3.8, 4) is 0 Å². The molecular weight excluding hydrogens is 264 g/mol. The van der Waals surface area contributed by atoms with E-state index in [-0.39, 0.29) is 6.08 Å². The predicted octanol–water partition coefficient (Wildman–Crippen LogP) is 3.02. The maximum Gasteiger partial charge on any atom is 0.409 e. The zero-order chi connectivity index (χ0) is 12.1. The van der Waals surface area contributed by atoms with Crippen LogP contribution >= 0.6 is 23.2 Å². The van der Waals surface area contributed by atoms with Crippen molar-refractivity contribution in [1.29, 1.82) is 0 Å². The Kier molecular flexibility index (Phi) is 3.00. The standard InChI is InChI=1S/C7H6Cl2F5N/c8-5(7(12,13)14)1-3(10)2-6(9,11)4(5)15/h2,4H,1,15H2. The van der Waals surface area contributed by atoms with Crippen molar-refractivity contribution >= 4 is 23.2 Å². The average molecular weight is 270 g/mol. The fraction of sp³-hybridized carbons (Fsp3) is 0.714. The van der Waals surface area contributed by atoms with Gasteiger partial charge in [0.1, 0.15) is 5.83 Å². The maximum absolute atomic E-state index is 13.3. The van der Waals surface area contributed by atoms with Crippen LogP contribution in [0.4, 0.5) is 22.0 Å². The second-order valence-electron chi connectivity index (χ2n) is 3.28. The van der Waals surface area contributed by atoms with Crippen molar-refractivity contribution in [2.24, 2.45) is 5.73 Å². The number of halogens is 7. The number of rotatable bonds is 0. The van der Waals surface area contributed by atoms with Gasteiger partial charge >= 0.3 is 6.18 Å². The van der Waals surface area contributed by atoms with Crippen LogP contribution in [-0.4, -0.2) is 22.2 Å². The smallest absolute Gasteiger partial charge is 0.322 e. The Labute approximate surface area is 92.0 Å². The Morgan fingerprint density at radius 3 is 2.27 bits per heavy atom. The van der Waals surface area contributed by atoms with Gasteiger partial charge in [-0.05, 0) is 0 Å². The van der Waals surface area contributed by atoms with Gasteiger partial charge in [-0.2, -0.15) is 13.2 Å². The first-order chi connectivity index (χ1) is 6.51. The molecule has 3 atom stereocenters. The molecule has 1 nitrogen and oxygen atoms in total. The van der Waals surface area contributed by atoms with E-state index in [4.69, 9.17) is 28.9 Å². The lowest BCUT2D eigenvalue weighted by Crippen LogP contribution is -2.62. The van der Waals surface area contributed by atoms with Crippen LogP contribution < -0.4 is 5.73 Å². The molecule has 0 aromatic rings. The molecular formula is C7H6Cl2F5N. The normalized spacial score (nSPS) is 42.7. The molecule has 1 aliphatic carbocycles. The molecule has 3 unspecified atom stereocenters. The minimum atomic E-state index is -5.05. The highest BCUT2D eigenvalue weighted by atomic mass is 35.5. The molecule has 0 aromatic carbocycles. The Hall–Kier alpha value is -0.0700. The molecule has 0 aromatic heterocycles. The van der Waals surface area contributed by atoms with Gasteiger partial charge in [0.05, 0.1) is 6.04 Å². The molecule has 15 heavy (non-hydrogen) atoms. The molecule has 0 saturated carbocycles. The lowest BCUT2D eigenvalue weighted by atomic mass is 9.86. The summed E-state index contributed by atoms with van der Waals surface area (Å²) < 4.78 is 63.4. The van der Waals surface area contributed by atoms with Gasteiger partial charge in [-0.15, -0.1) is 11.6 Å². The van der Waals surface area contributed by atoms with Crippen molar-refractivity contribution in [2.75, 3.05) is 0 Å². The largest absolute Gasteiger partial charge is 0.409 e. The molecule has 1 aliphatic rings. The molecule has 8 heteroatoms. The highest BCUT2D eigenvalue weighted by Crippen LogP contribution is 2.50. The van der Waals surface area contributed by atoms with Crippen LogP contribution in [0.1, 0.15) is 6.42 Å². The molecule has 88 valence electrons. The van der Waals surface area contributed by atoms with Crippen LogP contribution in [0, 0.1) is 0 Å². The highest BCUT2D eigenvalue weighted by Gasteiger charge is 2.65. The van der Waals surface area contributed by atoms with E-state index in [1.807, 2.05) is 0 Å². The van der Waals surface area contributed by atoms with E-state index in [2.05, 4.69) is 0 Å². The summed E-state index contributed by atoms with van der Waals surface area (Å²) in [6, 6.07) is -2.27. The third kappa shape index (κ3) is 2.07. The van der Waals surface area contributed by atoms with Gasteiger partial charge in [-0.1, -0.05) is 11.6 Å². The van der Waals surface area contributed by atoms with Gasteiger partial charge in [0, 0.05) is 12.5 Å². The van der Waals surface area contributed by atoms with Crippen LogP contribution in [0.15, 0.2) is 11.9 Å².